The summed E-state index contributed by atoms with van der Waals surface area (Å²) in [6.45, 7) is 0. The highest BCUT2D eigenvalue weighted by Gasteiger charge is 2.02. The molecule has 0 aliphatic rings. The normalized spacial score (nSPS) is 10.8. The fourth-order valence-corrected chi connectivity index (χ4v) is 2.54. The number of rotatable bonds is 0. The molecule has 1 N–H and O–H groups in total. The number of hydrogen-bond donors (Lipinski definition) is 1. The summed E-state index contributed by atoms with van der Waals surface area (Å²) in [6, 6.07) is 3.80. The van der Waals surface area contributed by atoms with E-state index < -0.39 is 0 Å². The van der Waals surface area contributed by atoms with Crippen LogP contribution >= 0.6 is 43.2 Å². The van der Waals surface area contributed by atoms with E-state index >= 15 is 0 Å². The maximum atomic E-state index is 10.9. The van der Waals surface area contributed by atoms with Crippen LogP contribution in [0.2, 0.25) is 0 Å². The Labute approximate surface area is 88.9 Å². The quantitative estimate of drug-likeness (QED) is 0.797. The van der Waals surface area contributed by atoms with Gasteiger partial charge in [-0.1, -0.05) is 11.3 Å². The van der Waals surface area contributed by atoms with Crippen LogP contribution in [0, 0.1) is 0 Å². The molecule has 1 aromatic heterocycles. The summed E-state index contributed by atoms with van der Waals surface area (Å²) < 4.78 is 2.88. The zero-order valence-electron chi connectivity index (χ0n) is 5.73. The molecule has 0 spiro atoms. The van der Waals surface area contributed by atoms with Crippen molar-refractivity contribution in [2.75, 3.05) is 0 Å². The van der Waals surface area contributed by atoms with Gasteiger partial charge in [-0.25, -0.2) is 0 Å². The van der Waals surface area contributed by atoms with Crippen LogP contribution in [0.15, 0.2) is 25.9 Å². The van der Waals surface area contributed by atoms with Crippen LogP contribution in [0.1, 0.15) is 0 Å². The predicted molar refractivity (Wildman–Crippen MR) is 57.8 cm³/mol. The van der Waals surface area contributed by atoms with Crippen LogP contribution < -0.4 is 4.87 Å². The lowest BCUT2D eigenvalue weighted by atomic mass is 10.3. The van der Waals surface area contributed by atoms with Gasteiger partial charge in [0.25, 0.3) is 0 Å². The van der Waals surface area contributed by atoms with Crippen molar-refractivity contribution in [2.45, 2.75) is 0 Å². The maximum Gasteiger partial charge on any atom is 0.305 e. The van der Waals surface area contributed by atoms with Crippen molar-refractivity contribution in [3.63, 3.8) is 0 Å². The van der Waals surface area contributed by atoms with Gasteiger partial charge in [0.2, 0.25) is 0 Å². The van der Waals surface area contributed by atoms with Crippen molar-refractivity contribution in [3.05, 3.63) is 30.7 Å². The highest BCUT2D eigenvalue weighted by Crippen LogP contribution is 2.28. The molecule has 2 aromatic rings. The molecule has 5 heteroatoms. The molecule has 62 valence electrons. The van der Waals surface area contributed by atoms with E-state index in [9.17, 15) is 4.79 Å². The Balaban J connectivity index is 2.92. The van der Waals surface area contributed by atoms with Crippen molar-refractivity contribution in [3.8, 4) is 0 Å². The number of hydrogen-bond acceptors (Lipinski definition) is 2. The number of H-pyrrole nitrogens is 1. The van der Waals surface area contributed by atoms with E-state index in [2.05, 4.69) is 36.8 Å². The average molecular weight is 309 g/mol. The van der Waals surface area contributed by atoms with Crippen molar-refractivity contribution in [1.82, 2.24) is 4.98 Å². The first kappa shape index (κ1) is 8.47. The minimum Gasteiger partial charge on any atom is -0.312 e. The van der Waals surface area contributed by atoms with Crippen LogP contribution in [0.3, 0.4) is 0 Å². The number of fused-ring (bicyclic) bond motifs is 1. The molecule has 1 heterocycles. The van der Waals surface area contributed by atoms with Crippen molar-refractivity contribution < 1.29 is 0 Å². The van der Waals surface area contributed by atoms with Crippen LogP contribution in [-0.2, 0) is 0 Å². The lowest BCUT2D eigenvalue weighted by Gasteiger charge is -1.93. The van der Waals surface area contributed by atoms with Crippen molar-refractivity contribution >= 4 is 53.4 Å². The van der Waals surface area contributed by atoms with E-state index in [1.54, 1.807) is 0 Å². The van der Waals surface area contributed by atoms with E-state index in [1.807, 2.05) is 12.1 Å². The van der Waals surface area contributed by atoms with Gasteiger partial charge in [-0.05, 0) is 44.0 Å². The predicted octanol–water partition coefficient (Wildman–Crippen LogP) is 3.11. The summed E-state index contributed by atoms with van der Waals surface area (Å²) in [5, 5.41) is 0. The van der Waals surface area contributed by atoms with Crippen LogP contribution in [0.5, 0.6) is 0 Å². The second-order valence-electron chi connectivity index (χ2n) is 2.28. The summed E-state index contributed by atoms with van der Waals surface area (Å²) in [5.41, 5.74) is 0.875. The monoisotopic (exact) mass is 307 g/mol. The molecule has 2 rings (SSSR count). The van der Waals surface area contributed by atoms with Gasteiger partial charge in [0.15, 0.2) is 0 Å². The Morgan fingerprint density at radius 2 is 1.92 bits per heavy atom. The Morgan fingerprint density at radius 3 is 2.67 bits per heavy atom. The summed E-state index contributed by atoms with van der Waals surface area (Å²) in [5.74, 6) is 0. The smallest absolute Gasteiger partial charge is 0.305 e. The molecular weight excluding hydrogens is 306 g/mol. The van der Waals surface area contributed by atoms with Gasteiger partial charge in [0.05, 0.1) is 10.2 Å². The summed E-state index contributed by atoms with van der Waals surface area (Å²) in [7, 11) is 0. The number of thiazole rings is 1. The van der Waals surface area contributed by atoms with Gasteiger partial charge in [-0.3, -0.25) is 4.79 Å². The lowest BCUT2D eigenvalue weighted by molar-refractivity contribution is 1.40. The Hall–Kier alpha value is -0.130. The van der Waals surface area contributed by atoms with E-state index in [-0.39, 0.29) is 4.87 Å². The third-order valence-corrected chi connectivity index (χ3v) is 4.15. The second kappa shape index (κ2) is 2.97. The van der Waals surface area contributed by atoms with E-state index in [0.717, 1.165) is 19.2 Å². The topological polar surface area (TPSA) is 32.9 Å². The Morgan fingerprint density at radius 1 is 1.25 bits per heavy atom. The highest BCUT2D eigenvalue weighted by molar-refractivity contribution is 9.13. The number of benzene rings is 1. The highest BCUT2D eigenvalue weighted by atomic mass is 79.9. The first-order valence-electron chi connectivity index (χ1n) is 3.15. The largest absolute Gasteiger partial charge is 0.312 e. The summed E-state index contributed by atoms with van der Waals surface area (Å²) in [6.07, 6.45) is 0. The minimum atomic E-state index is -0.0185. The lowest BCUT2D eigenvalue weighted by Crippen LogP contribution is -1.89. The molecule has 0 fully saturated rings. The van der Waals surface area contributed by atoms with E-state index in [1.165, 1.54) is 11.3 Å². The van der Waals surface area contributed by atoms with Crippen LogP contribution in [0.25, 0.3) is 10.2 Å². The van der Waals surface area contributed by atoms with Gasteiger partial charge in [0, 0.05) is 8.95 Å². The van der Waals surface area contributed by atoms with Gasteiger partial charge in [-0.2, -0.15) is 0 Å². The Kier molecular flexibility index (Phi) is 2.10. The van der Waals surface area contributed by atoms with Crippen LogP contribution in [-0.4, -0.2) is 4.98 Å². The molecule has 0 atom stereocenters. The van der Waals surface area contributed by atoms with Gasteiger partial charge in [0.1, 0.15) is 0 Å². The molecule has 0 aliphatic carbocycles. The maximum absolute atomic E-state index is 10.9. The molecule has 12 heavy (non-hydrogen) atoms. The minimum absolute atomic E-state index is 0.0185. The average Bonchev–Trinajstić information content (AvgIpc) is 2.30. The molecule has 0 saturated heterocycles. The number of aromatic nitrogens is 1. The number of aromatic amines is 1. The second-order valence-corrected chi connectivity index (χ2v) is 5.00. The third kappa shape index (κ3) is 1.36. The van der Waals surface area contributed by atoms with Crippen molar-refractivity contribution in [1.29, 1.82) is 0 Å². The first-order chi connectivity index (χ1) is 5.66. The molecule has 0 bridgehead atoms. The van der Waals surface area contributed by atoms with Crippen LogP contribution in [0.4, 0.5) is 0 Å². The molecule has 0 aliphatic heterocycles. The SMILES string of the molecule is O=c1[nH]c2cc(Br)c(Br)cc2s1. The van der Waals surface area contributed by atoms with Gasteiger partial charge < -0.3 is 4.98 Å². The van der Waals surface area contributed by atoms with Gasteiger partial charge >= 0.3 is 4.87 Å². The summed E-state index contributed by atoms with van der Waals surface area (Å²) in [4.78, 5) is 13.7. The third-order valence-electron chi connectivity index (χ3n) is 1.46. The molecule has 1 aromatic carbocycles. The van der Waals surface area contributed by atoms with E-state index in [4.69, 9.17) is 0 Å². The molecule has 2 nitrogen and oxygen atoms in total. The first-order valence-corrected chi connectivity index (χ1v) is 5.55. The fourth-order valence-electron chi connectivity index (χ4n) is 0.946. The molecule has 0 unspecified atom stereocenters. The standard InChI is InChI=1S/C7H3Br2NOS/c8-3-1-5-6(2-4(3)9)12-7(11)10-5/h1-2H,(H,10,11). The van der Waals surface area contributed by atoms with Crippen molar-refractivity contribution in [2.24, 2.45) is 0 Å². The fraction of sp³-hybridized carbons (Fsp3) is 0. The Bertz CT molecular complexity index is 446. The zero-order chi connectivity index (χ0) is 8.72. The number of nitrogens with one attached hydrogen (secondary N) is 1. The molecule has 0 amide bonds. The summed E-state index contributed by atoms with van der Waals surface area (Å²) >= 11 is 7.94. The van der Waals surface area contributed by atoms with E-state index in [0.29, 0.717) is 0 Å². The zero-order valence-corrected chi connectivity index (χ0v) is 9.72. The molecular formula is C7H3Br2NOS. The number of halogens is 2. The van der Waals surface area contributed by atoms with Gasteiger partial charge in [-0.15, -0.1) is 0 Å². The molecule has 0 radical (unpaired) electrons. The molecule has 0 saturated carbocycles.